The Bertz CT molecular complexity index is 523. The van der Waals surface area contributed by atoms with Crippen molar-refractivity contribution in [2.24, 2.45) is 11.8 Å². The molecule has 0 aromatic heterocycles. The van der Waals surface area contributed by atoms with Crippen LogP contribution in [0.3, 0.4) is 0 Å². The minimum atomic E-state index is -0.782. The van der Waals surface area contributed by atoms with E-state index in [1.54, 1.807) is 11.8 Å². The van der Waals surface area contributed by atoms with Crippen molar-refractivity contribution in [2.75, 3.05) is 13.1 Å². The molecular formula is C16H20BrNO3. The number of likely N-dealkylation sites (tertiary alicyclic amines) is 1. The zero-order valence-corrected chi connectivity index (χ0v) is 13.8. The topological polar surface area (TPSA) is 57.6 Å². The molecule has 0 spiro atoms. The second-order valence-electron chi connectivity index (χ2n) is 5.84. The maximum atomic E-state index is 12.2. The number of carboxylic acid groups (broad SMARTS) is 1. The first-order valence-electron chi connectivity index (χ1n) is 7.14. The van der Waals surface area contributed by atoms with Crippen LogP contribution in [0.1, 0.15) is 31.7 Å². The molecule has 2 rings (SSSR count). The zero-order valence-electron chi connectivity index (χ0n) is 12.3. The van der Waals surface area contributed by atoms with Gasteiger partial charge < -0.3 is 10.0 Å². The van der Waals surface area contributed by atoms with E-state index < -0.39 is 5.97 Å². The summed E-state index contributed by atoms with van der Waals surface area (Å²) in [6.07, 6.45) is 0.468. The summed E-state index contributed by atoms with van der Waals surface area (Å²) < 4.78 is 1.03. The minimum Gasteiger partial charge on any atom is -0.481 e. The van der Waals surface area contributed by atoms with Gasteiger partial charge in [-0.2, -0.15) is 0 Å². The Balaban J connectivity index is 1.83. The smallest absolute Gasteiger partial charge is 0.306 e. The summed E-state index contributed by atoms with van der Waals surface area (Å²) >= 11 is 3.40. The molecule has 1 heterocycles. The summed E-state index contributed by atoms with van der Waals surface area (Å²) in [6.45, 7) is 4.89. The molecule has 1 fully saturated rings. The van der Waals surface area contributed by atoms with E-state index in [1.807, 2.05) is 31.2 Å². The Kier molecular flexibility index (Phi) is 5.04. The van der Waals surface area contributed by atoms with Crippen LogP contribution in [0.2, 0.25) is 0 Å². The molecule has 1 aromatic carbocycles. The van der Waals surface area contributed by atoms with Crippen molar-refractivity contribution in [1.29, 1.82) is 0 Å². The van der Waals surface area contributed by atoms with Crippen LogP contribution >= 0.6 is 15.9 Å². The summed E-state index contributed by atoms with van der Waals surface area (Å²) in [7, 11) is 0. The largest absolute Gasteiger partial charge is 0.481 e. The fourth-order valence-corrected chi connectivity index (χ4v) is 2.80. The van der Waals surface area contributed by atoms with Crippen molar-refractivity contribution in [1.82, 2.24) is 4.90 Å². The summed E-state index contributed by atoms with van der Waals surface area (Å²) in [6, 6.07) is 8.00. The van der Waals surface area contributed by atoms with Crippen LogP contribution in [-0.2, 0) is 9.59 Å². The molecule has 21 heavy (non-hydrogen) atoms. The average molecular weight is 354 g/mol. The molecule has 1 amide bonds. The Morgan fingerprint density at radius 1 is 1.29 bits per heavy atom. The first-order chi connectivity index (χ1) is 9.88. The molecule has 0 radical (unpaired) electrons. The van der Waals surface area contributed by atoms with E-state index >= 15 is 0 Å². The summed E-state index contributed by atoms with van der Waals surface area (Å²) in [5, 5.41) is 8.95. The lowest BCUT2D eigenvalue weighted by molar-refractivity contribution is -0.150. The predicted octanol–water partition coefficient (Wildman–Crippen LogP) is 3.12. The van der Waals surface area contributed by atoms with Gasteiger partial charge in [0.25, 0.3) is 0 Å². The van der Waals surface area contributed by atoms with Crippen molar-refractivity contribution < 1.29 is 14.7 Å². The number of benzene rings is 1. The lowest BCUT2D eigenvalue weighted by Crippen LogP contribution is -2.53. The van der Waals surface area contributed by atoms with Gasteiger partial charge in [0.1, 0.15) is 0 Å². The van der Waals surface area contributed by atoms with Gasteiger partial charge in [-0.25, -0.2) is 0 Å². The second-order valence-corrected chi connectivity index (χ2v) is 6.76. The molecule has 2 unspecified atom stereocenters. The number of aliphatic carboxylic acids is 1. The Labute approximate surface area is 133 Å². The third-order valence-electron chi connectivity index (χ3n) is 4.28. The highest BCUT2D eigenvalue weighted by molar-refractivity contribution is 9.10. The van der Waals surface area contributed by atoms with E-state index in [2.05, 4.69) is 15.9 Å². The van der Waals surface area contributed by atoms with Gasteiger partial charge >= 0.3 is 5.97 Å². The van der Waals surface area contributed by atoms with Gasteiger partial charge in [-0.1, -0.05) is 41.9 Å². The van der Waals surface area contributed by atoms with Gasteiger partial charge in [0, 0.05) is 29.9 Å². The third kappa shape index (κ3) is 3.84. The molecule has 0 saturated carbocycles. The quantitative estimate of drug-likeness (QED) is 0.884. The maximum Gasteiger partial charge on any atom is 0.306 e. The molecule has 1 aliphatic rings. The lowest BCUT2D eigenvalue weighted by Gasteiger charge is -2.41. The van der Waals surface area contributed by atoms with Crippen LogP contribution in [0.15, 0.2) is 28.7 Å². The van der Waals surface area contributed by atoms with Crippen LogP contribution < -0.4 is 0 Å². The Morgan fingerprint density at radius 2 is 1.86 bits per heavy atom. The van der Waals surface area contributed by atoms with Gasteiger partial charge in [-0.3, -0.25) is 9.59 Å². The van der Waals surface area contributed by atoms with Gasteiger partial charge in [0.15, 0.2) is 0 Å². The van der Waals surface area contributed by atoms with Gasteiger partial charge in [0.05, 0.1) is 5.92 Å². The third-order valence-corrected chi connectivity index (χ3v) is 4.81. The van der Waals surface area contributed by atoms with E-state index in [1.165, 1.54) is 0 Å². The molecule has 1 aromatic rings. The highest BCUT2D eigenvalue weighted by Gasteiger charge is 2.37. The average Bonchev–Trinajstić information content (AvgIpc) is 2.37. The number of carbonyl (C=O) groups is 2. The normalized spacial score (nSPS) is 18.0. The van der Waals surface area contributed by atoms with Crippen LogP contribution in [0.25, 0.3) is 0 Å². The fraction of sp³-hybridized carbons (Fsp3) is 0.500. The van der Waals surface area contributed by atoms with E-state index in [9.17, 15) is 9.59 Å². The van der Waals surface area contributed by atoms with Crippen molar-refractivity contribution in [3.63, 3.8) is 0 Å². The number of hydrogen-bond acceptors (Lipinski definition) is 2. The number of carboxylic acids is 1. The van der Waals surface area contributed by atoms with E-state index in [0.29, 0.717) is 19.5 Å². The van der Waals surface area contributed by atoms with Crippen molar-refractivity contribution >= 4 is 27.8 Å². The molecule has 0 bridgehead atoms. The van der Waals surface area contributed by atoms with Crippen LogP contribution in [-0.4, -0.2) is 35.0 Å². The molecule has 4 nitrogen and oxygen atoms in total. The highest BCUT2D eigenvalue weighted by atomic mass is 79.9. The molecule has 0 aliphatic carbocycles. The first-order valence-corrected chi connectivity index (χ1v) is 7.93. The zero-order chi connectivity index (χ0) is 15.6. The van der Waals surface area contributed by atoms with E-state index in [0.717, 1.165) is 10.0 Å². The lowest BCUT2D eigenvalue weighted by atomic mass is 9.86. The Morgan fingerprint density at radius 3 is 2.38 bits per heavy atom. The number of halogens is 1. The van der Waals surface area contributed by atoms with Crippen molar-refractivity contribution in [3.05, 3.63) is 34.3 Å². The number of amides is 1. The monoisotopic (exact) mass is 353 g/mol. The van der Waals surface area contributed by atoms with E-state index in [-0.39, 0.29) is 23.7 Å². The number of hydrogen-bond donors (Lipinski definition) is 1. The predicted molar refractivity (Wildman–Crippen MR) is 84.0 cm³/mol. The summed E-state index contributed by atoms with van der Waals surface area (Å²) in [5.41, 5.74) is 1.14. The molecule has 1 N–H and O–H groups in total. The van der Waals surface area contributed by atoms with Gasteiger partial charge in [-0.05, 0) is 23.6 Å². The minimum absolute atomic E-state index is 0.0921. The van der Waals surface area contributed by atoms with E-state index in [4.69, 9.17) is 5.11 Å². The molecule has 114 valence electrons. The number of carbonyl (C=O) groups excluding carboxylic acids is 1. The van der Waals surface area contributed by atoms with Crippen LogP contribution in [0.4, 0.5) is 0 Å². The van der Waals surface area contributed by atoms with Gasteiger partial charge in [-0.15, -0.1) is 0 Å². The molecule has 2 atom stereocenters. The molecule has 5 heteroatoms. The standard InChI is InChI=1S/C16H20BrNO3/c1-10(12-3-5-14(17)6-4-12)7-15(19)18-8-13(9-18)11(2)16(20)21/h3-6,10-11,13H,7-9H2,1-2H3,(H,20,21). The SMILES string of the molecule is CC(CC(=O)N1CC(C(C)C(=O)O)C1)c1ccc(Br)cc1. The van der Waals surface area contributed by atoms with Crippen LogP contribution in [0, 0.1) is 11.8 Å². The summed E-state index contributed by atoms with van der Waals surface area (Å²) in [5.74, 6) is -0.788. The second kappa shape index (κ2) is 6.60. The number of nitrogens with zero attached hydrogens (tertiary/aromatic N) is 1. The molecule has 1 saturated heterocycles. The Hall–Kier alpha value is -1.36. The van der Waals surface area contributed by atoms with Crippen LogP contribution in [0.5, 0.6) is 0 Å². The van der Waals surface area contributed by atoms with Crippen molar-refractivity contribution in [2.45, 2.75) is 26.2 Å². The highest BCUT2D eigenvalue weighted by Crippen LogP contribution is 2.27. The van der Waals surface area contributed by atoms with Crippen molar-refractivity contribution in [3.8, 4) is 0 Å². The molecular weight excluding hydrogens is 334 g/mol. The fourth-order valence-electron chi connectivity index (χ4n) is 2.53. The number of rotatable bonds is 5. The summed E-state index contributed by atoms with van der Waals surface area (Å²) in [4.78, 5) is 24.8. The molecule has 1 aliphatic heterocycles. The first kappa shape index (κ1) is 16.0. The van der Waals surface area contributed by atoms with Gasteiger partial charge in [0.2, 0.25) is 5.91 Å². The maximum absolute atomic E-state index is 12.2.